The third kappa shape index (κ3) is 5.58. The molecule has 69 heavy (non-hydrogen) atoms. The summed E-state index contributed by atoms with van der Waals surface area (Å²) in [6.07, 6.45) is 0. The van der Waals surface area contributed by atoms with Gasteiger partial charge in [-0.25, -0.2) is 0 Å². The van der Waals surface area contributed by atoms with Crippen LogP contribution in [0.3, 0.4) is 0 Å². The maximum Gasteiger partial charge on any atom is 0.0719 e. The van der Waals surface area contributed by atoms with Gasteiger partial charge < -0.3 is 4.90 Å². The first kappa shape index (κ1) is 40.3. The summed E-state index contributed by atoms with van der Waals surface area (Å²) in [5, 5.41) is 2.64. The molecule has 14 rings (SSSR count). The monoisotopic (exact) mass is 899 g/mol. The summed E-state index contributed by atoms with van der Waals surface area (Å²) in [7, 11) is 0. The first-order valence-corrected chi connectivity index (χ1v) is 25.1. The van der Waals surface area contributed by atoms with Gasteiger partial charge in [-0.05, 0) is 138 Å². The molecule has 328 valence electrons. The van der Waals surface area contributed by atoms with Crippen LogP contribution < -0.4 is 4.90 Å². The minimum atomic E-state index is -0.433. The number of hydrogen-bond acceptors (Lipinski definition) is 2. The Kier molecular flexibility index (Phi) is 8.54. The molecule has 0 fully saturated rings. The lowest BCUT2D eigenvalue weighted by molar-refractivity contribution is 0.563. The average Bonchev–Trinajstić information content (AvgIpc) is 4.00. The molecule has 0 amide bonds. The molecule has 0 aliphatic heterocycles. The standard InChI is InChI=1S/C67H49NS/c1-65(2)55-21-8-5-16-49(55)51-39-37-47(41-61(51)65)68(46-35-30-43(31-36-46)48-19-15-20-54-53-18-7-14-27-63(53)69-64(48)54)45-33-28-42(29-34-45)44-32-38-52-50-17-6-9-22-56(50)67(62(52)40-44)59-25-12-10-23-57(59)66(3,4)58-24-11-13-26-60(58)67/h5-41H,1-4H3. The fourth-order valence-corrected chi connectivity index (χ4v) is 14.1. The predicted molar refractivity (Wildman–Crippen MR) is 292 cm³/mol. The van der Waals surface area contributed by atoms with Gasteiger partial charge in [0.2, 0.25) is 0 Å². The number of anilines is 3. The van der Waals surface area contributed by atoms with E-state index in [2.05, 4.69) is 257 Å². The molecule has 1 nitrogen and oxygen atoms in total. The summed E-state index contributed by atoms with van der Waals surface area (Å²) in [4.78, 5) is 2.44. The molecule has 1 heterocycles. The van der Waals surface area contributed by atoms with Crippen molar-refractivity contribution in [3.8, 4) is 44.5 Å². The number of thiophene rings is 1. The van der Waals surface area contributed by atoms with Crippen LogP contribution in [0.4, 0.5) is 17.1 Å². The molecule has 11 aromatic rings. The third-order valence-electron chi connectivity index (χ3n) is 16.2. The van der Waals surface area contributed by atoms with Crippen LogP contribution >= 0.6 is 11.3 Å². The molecule has 3 aliphatic carbocycles. The first-order valence-electron chi connectivity index (χ1n) is 24.3. The van der Waals surface area contributed by atoms with Crippen LogP contribution in [0.5, 0.6) is 0 Å². The van der Waals surface area contributed by atoms with Crippen molar-refractivity contribution in [1.29, 1.82) is 0 Å². The van der Waals surface area contributed by atoms with Crippen molar-refractivity contribution in [2.75, 3.05) is 4.90 Å². The van der Waals surface area contributed by atoms with Crippen molar-refractivity contribution in [1.82, 2.24) is 0 Å². The highest BCUT2D eigenvalue weighted by atomic mass is 32.1. The SMILES string of the molecule is CC1(C)c2ccccc2-c2ccc(N(c3ccc(-c4ccc5c(c4)C4(c6ccccc6-5)c5ccccc5C(C)(C)c5ccccc54)cc3)c3ccc(-c4cccc5c4sc4ccccc45)cc3)cc21. The van der Waals surface area contributed by atoms with Crippen molar-refractivity contribution in [3.63, 3.8) is 0 Å². The zero-order valence-electron chi connectivity index (χ0n) is 39.2. The summed E-state index contributed by atoms with van der Waals surface area (Å²) in [5.41, 5.74) is 23.9. The molecule has 0 radical (unpaired) electrons. The quantitative estimate of drug-likeness (QED) is 0.166. The summed E-state index contributed by atoms with van der Waals surface area (Å²) in [6.45, 7) is 9.53. The second-order valence-electron chi connectivity index (χ2n) is 20.4. The Hall–Kier alpha value is -7.78. The zero-order chi connectivity index (χ0) is 46.2. The van der Waals surface area contributed by atoms with Gasteiger partial charge in [-0.3, -0.25) is 0 Å². The molecule has 2 heteroatoms. The van der Waals surface area contributed by atoms with E-state index in [1.807, 2.05) is 11.3 Å². The Morgan fingerprint density at radius 1 is 0.304 bits per heavy atom. The fourth-order valence-electron chi connectivity index (χ4n) is 12.9. The van der Waals surface area contributed by atoms with Gasteiger partial charge in [0.05, 0.1) is 5.41 Å². The molecule has 0 unspecified atom stereocenters. The number of nitrogens with zero attached hydrogens (tertiary/aromatic N) is 1. The Morgan fingerprint density at radius 2 is 0.768 bits per heavy atom. The van der Waals surface area contributed by atoms with Crippen LogP contribution in [0.1, 0.15) is 72.2 Å². The van der Waals surface area contributed by atoms with Gasteiger partial charge in [-0.1, -0.05) is 204 Å². The molecule has 0 N–H and O–H groups in total. The first-order chi connectivity index (χ1) is 33.7. The lowest BCUT2D eigenvalue weighted by Crippen LogP contribution is -2.40. The van der Waals surface area contributed by atoms with Crippen LogP contribution in [-0.2, 0) is 16.2 Å². The highest BCUT2D eigenvalue weighted by Crippen LogP contribution is 2.62. The molecular weight excluding hydrogens is 851 g/mol. The van der Waals surface area contributed by atoms with Crippen LogP contribution in [0.2, 0.25) is 0 Å². The Balaban J connectivity index is 0.901. The molecule has 1 spiro atoms. The Morgan fingerprint density at radius 3 is 1.46 bits per heavy atom. The number of fused-ring (bicyclic) bond motifs is 15. The van der Waals surface area contributed by atoms with Gasteiger partial charge in [0, 0.05) is 48.1 Å². The van der Waals surface area contributed by atoms with Crippen LogP contribution in [0, 0.1) is 0 Å². The summed E-state index contributed by atoms with van der Waals surface area (Å²) in [6, 6.07) is 84.8. The van der Waals surface area contributed by atoms with Gasteiger partial charge in [0.15, 0.2) is 0 Å². The second-order valence-corrected chi connectivity index (χ2v) is 21.4. The maximum absolute atomic E-state index is 2.50. The van der Waals surface area contributed by atoms with E-state index in [1.165, 1.54) is 109 Å². The van der Waals surface area contributed by atoms with Crippen molar-refractivity contribution in [2.45, 2.75) is 43.9 Å². The predicted octanol–water partition coefficient (Wildman–Crippen LogP) is 18.2. The Labute approximate surface area is 408 Å². The molecule has 0 bridgehead atoms. The van der Waals surface area contributed by atoms with Crippen molar-refractivity contribution >= 4 is 48.6 Å². The third-order valence-corrected chi connectivity index (χ3v) is 17.4. The van der Waals surface area contributed by atoms with Crippen molar-refractivity contribution in [3.05, 3.63) is 269 Å². The van der Waals surface area contributed by atoms with E-state index in [-0.39, 0.29) is 10.8 Å². The molecule has 0 saturated carbocycles. The van der Waals surface area contributed by atoms with Crippen molar-refractivity contribution < 1.29 is 0 Å². The lowest BCUT2D eigenvalue weighted by Gasteiger charge is -2.46. The Bertz CT molecular complexity index is 3850. The molecular formula is C67H49NS. The highest BCUT2D eigenvalue weighted by Gasteiger charge is 2.53. The van der Waals surface area contributed by atoms with Crippen LogP contribution in [0.15, 0.2) is 224 Å². The van der Waals surface area contributed by atoms with E-state index < -0.39 is 5.41 Å². The molecule has 0 atom stereocenters. The minimum absolute atomic E-state index is 0.121. The van der Waals surface area contributed by atoms with Crippen LogP contribution in [0.25, 0.3) is 64.7 Å². The van der Waals surface area contributed by atoms with Gasteiger partial charge >= 0.3 is 0 Å². The van der Waals surface area contributed by atoms with Gasteiger partial charge in [0.1, 0.15) is 0 Å². The number of hydrogen-bond donors (Lipinski definition) is 0. The maximum atomic E-state index is 2.50. The summed E-state index contributed by atoms with van der Waals surface area (Å²) >= 11 is 1.89. The zero-order valence-corrected chi connectivity index (χ0v) is 40.0. The fraction of sp³-hybridized carbons (Fsp3) is 0.104. The van der Waals surface area contributed by atoms with Gasteiger partial charge in [-0.15, -0.1) is 11.3 Å². The van der Waals surface area contributed by atoms with E-state index in [1.54, 1.807) is 0 Å². The van der Waals surface area contributed by atoms with Crippen molar-refractivity contribution in [2.24, 2.45) is 0 Å². The topological polar surface area (TPSA) is 3.24 Å². The average molecular weight is 900 g/mol. The number of rotatable bonds is 5. The molecule has 0 saturated heterocycles. The normalized spacial score (nSPS) is 15.0. The summed E-state index contributed by atoms with van der Waals surface area (Å²) < 4.78 is 2.66. The van der Waals surface area contributed by atoms with E-state index >= 15 is 0 Å². The van der Waals surface area contributed by atoms with E-state index in [4.69, 9.17) is 0 Å². The van der Waals surface area contributed by atoms with E-state index in [0.717, 1.165) is 17.1 Å². The van der Waals surface area contributed by atoms with E-state index in [0.29, 0.717) is 0 Å². The lowest BCUT2D eigenvalue weighted by atomic mass is 9.55. The molecule has 1 aromatic heterocycles. The smallest absolute Gasteiger partial charge is 0.0719 e. The van der Waals surface area contributed by atoms with E-state index in [9.17, 15) is 0 Å². The number of benzene rings is 10. The largest absolute Gasteiger partial charge is 0.310 e. The van der Waals surface area contributed by atoms with Gasteiger partial charge in [0.25, 0.3) is 0 Å². The summed E-state index contributed by atoms with van der Waals surface area (Å²) in [5.74, 6) is 0. The minimum Gasteiger partial charge on any atom is -0.310 e. The molecule has 3 aliphatic rings. The second kappa shape index (κ2) is 14.6. The molecule has 10 aromatic carbocycles. The highest BCUT2D eigenvalue weighted by molar-refractivity contribution is 7.26. The van der Waals surface area contributed by atoms with Crippen LogP contribution in [-0.4, -0.2) is 0 Å². The van der Waals surface area contributed by atoms with Gasteiger partial charge in [-0.2, -0.15) is 0 Å².